The molecule has 1 fully saturated rings. The largest absolute Gasteiger partial charge is 0.383 e. The molecule has 0 saturated carbocycles. The zero-order valence-electron chi connectivity index (χ0n) is 25.0. The van der Waals surface area contributed by atoms with Gasteiger partial charge in [0, 0.05) is 49.9 Å². The Bertz CT molecular complexity index is 1340. The van der Waals surface area contributed by atoms with Crippen LogP contribution in [0.2, 0.25) is 10.0 Å². The van der Waals surface area contributed by atoms with Gasteiger partial charge in [-0.05, 0) is 35.6 Å². The van der Waals surface area contributed by atoms with Crippen molar-refractivity contribution in [1.29, 1.82) is 5.26 Å². The Hall–Kier alpha value is -2.81. The van der Waals surface area contributed by atoms with Crippen molar-refractivity contribution in [3.05, 3.63) is 69.2 Å². The van der Waals surface area contributed by atoms with E-state index in [1.807, 2.05) is 20.8 Å². The highest BCUT2D eigenvalue weighted by atomic mass is 35.5. The summed E-state index contributed by atoms with van der Waals surface area (Å²) in [7, 11) is 3.03. The molecule has 3 rings (SSSR count). The summed E-state index contributed by atoms with van der Waals surface area (Å²) in [5.74, 6) is -3.84. The highest BCUT2D eigenvalue weighted by molar-refractivity contribution is 6.31. The van der Waals surface area contributed by atoms with Crippen molar-refractivity contribution >= 4 is 35.0 Å². The van der Waals surface area contributed by atoms with Crippen LogP contribution in [0.1, 0.15) is 44.2 Å². The highest BCUT2D eigenvalue weighted by Gasteiger charge is 2.61. The summed E-state index contributed by atoms with van der Waals surface area (Å²) in [6.45, 7) is 6.63. The van der Waals surface area contributed by atoms with Gasteiger partial charge >= 0.3 is 0 Å². The number of carbonyl (C=O) groups is 2. The molecule has 234 valence electrons. The van der Waals surface area contributed by atoms with Gasteiger partial charge in [-0.3, -0.25) is 9.59 Å². The third kappa shape index (κ3) is 7.83. The molecular formula is C31H38Cl2F2N4O4. The first-order valence-electron chi connectivity index (χ1n) is 13.9. The maximum absolute atomic E-state index is 15.8. The molecule has 2 N–H and O–H groups in total. The molecule has 2 aromatic carbocycles. The van der Waals surface area contributed by atoms with Gasteiger partial charge in [-0.1, -0.05) is 62.2 Å². The summed E-state index contributed by atoms with van der Waals surface area (Å²) < 4.78 is 41.7. The fraction of sp³-hybridized carbons (Fsp3) is 0.516. The minimum atomic E-state index is -1.76. The number of halogens is 4. The Balaban J connectivity index is 2.12. The van der Waals surface area contributed by atoms with Crippen LogP contribution in [0.3, 0.4) is 0 Å². The van der Waals surface area contributed by atoms with E-state index in [-0.39, 0.29) is 65.3 Å². The van der Waals surface area contributed by atoms with E-state index < -0.39 is 41.0 Å². The summed E-state index contributed by atoms with van der Waals surface area (Å²) in [6, 6.07) is 8.53. The van der Waals surface area contributed by atoms with E-state index in [0.29, 0.717) is 6.42 Å². The summed E-state index contributed by atoms with van der Waals surface area (Å²) >= 11 is 12.2. The molecule has 0 unspecified atom stereocenters. The van der Waals surface area contributed by atoms with Crippen LogP contribution in [-0.2, 0) is 24.5 Å². The second kappa shape index (κ2) is 14.8. The number of nitrogens with zero attached hydrogens (tertiary/aromatic N) is 2. The lowest BCUT2D eigenvalue weighted by Gasteiger charge is -2.37. The topological polar surface area (TPSA) is 104 Å². The number of hydrogen-bond acceptors (Lipinski definition) is 6. The number of hydrogen-bond donors (Lipinski definition) is 2. The van der Waals surface area contributed by atoms with E-state index in [0.717, 1.165) is 6.07 Å². The fourth-order valence-corrected chi connectivity index (χ4v) is 6.05. The highest BCUT2D eigenvalue weighted by Crippen LogP contribution is 2.52. The maximum atomic E-state index is 15.8. The van der Waals surface area contributed by atoms with Crippen molar-refractivity contribution in [3.63, 3.8) is 0 Å². The van der Waals surface area contributed by atoms with Gasteiger partial charge in [0.1, 0.15) is 17.0 Å². The van der Waals surface area contributed by atoms with Gasteiger partial charge < -0.3 is 25.0 Å². The molecule has 2 amide bonds. The Morgan fingerprint density at radius 2 is 1.77 bits per heavy atom. The number of amides is 2. The van der Waals surface area contributed by atoms with Crippen molar-refractivity contribution in [2.45, 2.75) is 50.6 Å². The number of rotatable bonds is 12. The van der Waals surface area contributed by atoms with Crippen LogP contribution in [0.4, 0.5) is 8.78 Å². The van der Waals surface area contributed by atoms with Crippen LogP contribution < -0.4 is 10.6 Å². The predicted molar refractivity (Wildman–Crippen MR) is 161 cm³/mol. The summed E-state index contributed by atoms with van der Waals surface area (Å²) in [4.78, 5) is 28.4. The molecule has 8 nitrogen and oxygen atoms in total. The standard InChI is InChI=1S/C31H38Cl2F2N4O4/c1-30(2,3)16-24-31(18-36,21-10-9-19(32)15-23(21)34)26(20-7-6-8-22(33)27(20)35)28(38-24)29(41)37-17-25(40)39(11-13-42-4)12-14-43-5/h6-10,15,24,26,28,38H,11-14,16-17H2,1-5H3,(H,37,41)/t24-,26-,28+,31-/m0/s1. The molecule has 0 radical (unpaired) electrons. The lowest BCUT2D eigenvalue weighted by Crippen LogP contribution is -2.49. The van der Waals surface area contributed by atoms with E-state index in [4.69, 9.17) is 32.7 Å². The normalized spacial score (nSPS) is 21.8. The van der Waals surface area contributed by atoms with Gasteiger partial charge in [-0.2, -0.15) is 5.26 Å². The molecule has 43 heavy (non-hydrogen) atoms. The maximum Gasteiger partial charge on any atom is 0.242 e. The fourth-order valence-electron chi connectivity index (χ4n) is 5.71. The second-order valence-electron chi connectivity index (χ2n) is 11.8. The van der Waals surface area contributed by atoms with E-state index in [1.165, 1.54) is 49.5 Å². The summed E-state index contributed by atoms with van der Waals surface area (Å²) in [6.07, 6.45) is 0.325. The first kappa shape index (κ1) is 34.7. The Morgan fingerprint density at radius 1 is 1.12 bits per heavy atom. The lowest BCUT2D eigenvalue weighted by atomic mass is 9.62. The third-order valence-electron chi connectivity index (χ3n) is 7.63. The van der Waals surface area contributed by atoms with Gasteiger partial charge in [0.05, 0.1) is 36.9 Å². The zero-order valence-corrected chi connectivity index (χ0v) is 26.5. The van der Waals surface area contributed by atoms with Crippen LogP contribution in [0.25, 0.3) is 0 Å². The lowest BCUT2D eigenvalue weighted by molar-refractivity contribution is -0.134. The molecule has 0 aliphatic carbocycles. The van der Waals surface area contributed by atoms with Crippen LogP contribution in [0, 0.1) is 28.4 Å². The van der Waals surface area contributed by atoms with E-state index in [1.54, 1.807) is 0 Å². The summed E-state index contributed by atoms with van der Waals surface area (Å²) in [5, 5.41) is 16.7. The van der Waals surface area contributed by atoms with E-state index >= 15 is 8.78 Å². The van der Waals surface area contributed by atoms with Gasteiger partial charge in [-0.25, -0.2) is 8.78 Å². The van der Waals surface area contributed by atoms with Crippen LogP contribution in [-0.4, -0.2) is 75.9 Å². The zero-order chi connectivity index (χ0) is 31.9. The molecule has 1 aliphatic heterocycles. The second-order valence-corrected chi connectivity index (χ2v) is 12.6. The molecule has 0 spiro atoms. The number of benzene rings is 2. The van der Waals surface area contributed by atoms with Crippen molar-refractivity contribution < 1.29 is 27.8 Å². The number of ether oxygens (including phenoxy) is 2. The average Bonchev–Trinajstić information content (AvgIpc) is 3.26. The van der Waals surface area contributed by atoms with Crippen molar-refractivity contribution in [1.82, 2.24) is 15.5 Å². The number of nitriles is 1. The minimum absolute atomic E-state index is 0.0257. The smallest absolute Gasteiger partial charge is 0.242 e. The monoisotopic (exact) mass is 638 g/mol. The molecule has 4 atom stereocenters. The van der Waals surface area contributed by atoms with Gasteiger partial charge in [0.25, 0.3) is 0 Å². The van der Waals surface area contributed by atoms with E-state index in [2.05, 4.69) is 16.7 Å². The SMILES string of the molecule is COCCN(CCOC)C(=O)CNC(=O)[C@@H]1N[C@@H](CC(C)(C)C)[C@](C#N)(c2ccc(Cl)cc2F)[C@H]1c1cccc(Cl)c1F. The molecule has 0 bridgehead atoms. The molecule has 1 saturated heterocycles. The quantitative estimate of drug-likeness (QED) is 0.345. The molecule has 1 heterocycles. The number of nitrogens with one attached hydrogen (secondary N) is 2. The molecular weight excluding hydrogens is 601 g/mol. The van der Waals surface area contributed by atoms with Gasteiger partial charge in [-0.15, -0.1) is 0 Å². The molecule has 0 aromatic heterocycles. The van der Waals surface area contributed by atoms with Crippen molar-refractivity contribution in [3.8, 4) is 6.07 Å². The van der Waals surface area contributed by atoms with Crippen LogP contribution in [0.5, 0.6) is 0 Å². The summed E-state index contributed by atoms with van der Waals surface area (Å²) in [5.41, 5.74) is -2.20. The third-order valence-corrected chi connectivity index (χ3v) is 8.16. The van der Waals surface area contributed by atoms with Crippen LogP contribution in [0.15, 0.2) is 36.4 Å². The molecule has 12 heteroatoms. The number of carbonyl (C=O) groups excluding carboxylic acids is 2. The van der Waals surface area contributed by atoms with Crippen molar-refractivity contribution in [2.24, 2.45) is 5.41 Å². The minimum Gasteiger partial charge on any atom is -0.383 e. The number of methoxy groups -OCH3 is 2. The molecule has 2 aromatic rings. The van der Waals surface area contributed by atoms with Crippen LogP contribution >= 0.6 is 23.2 Å². The van der Waals surface area contributed by atoms with E-state index in [9.17, 15) is 14.9 Å². The Kier molecular flexibility index (Phi) is 11.9. The van der Waals surface area contributed by atoms with Gasteiger partial charge in [0.15, 0.2) is 0 Å². The first-order valence-corrected chi connectivity index (χ1v) is 14.7. The van der Waals surface area contributed by atoms with Crippen molar-refractivity contribution in [2.75, 3.05) is 47.1 Å². The first-order chi connectivity index (χ1) is 20.3. The molecule has 1 aliphatic rings. The predicted octanol–water partition coefficient (Wildman–Crippen LogP) is 4.83. The average molecular weight is 640 g/mol. The van der Waals surface area contributed by atoms with Gasteiger partial charge in [0.2, 0.25) is 11.8 Å². The Morgan fingerprint density at radius 3 is 2.33 bits per heavy atom. The Labute approximate surface area is 261 Å².